The van der Waals surface area contributed by atoms with E-state index < -0.39 is 0 Å². The molecular weight excluding hydrogens is 308 g/mol. The SMILES string of the molecule is COc1nc2c(cc1C(=O)NC[C@@H](CO)Cc1ccco1)CCC2. The van der Waals surface area contributed by atoms with Crippen LogP contribution < -0.4 is 10.1 Å². The molecule has 0 radical (unpaired) electrons. The predicted molar refractivity (Wildman–Crippen MR) is 88.1 cm³/mol. The van der Waals surface area contributed by atoms with E-state index in [4.69, 9.17) is 9.15 Å². The molecule has 0 saturated heterocycles. The van der Waals surface area contributed by atoms with Gasteiger partial charge in [0.15, 0.2) is 0 Å². The molecule has 2 aromatic heterocycles. The van der Waals surface area contributed by atoms with Crippen LogP contribution in [0.25, 0.3) is 0 Å². The van der Waals surface area contributed by atoms with Gasteiger partial charge in [-0.3, -0.25) is 4.79 Å². The third kappa shape index (κ3) is 3.59. The lowest BCUT2D eigenvalue weighted by atomic mass is 10.0. The second-order valence-electron chi connectivity index (χ2n) is 6.05. The third-order valence-electron chi connectivity index (χ3n) is 4.33. The largest absolute Gasteiger partial charge is 0.480 e. The zero-order valence-corrected chi connectivity index (χ0v) is 13.7. The number of carbonyl (C=O) groups excluding carboxylic acids is 1. The molecule has 3 rings (SSSR count). The number of aromatic nitrogens is 1. The summed E-state index contributed by atoms with van der Waals surface area (Å²) in [5.74, 6) is 0.820. The van der Waals surface area contributed by atoms with Crippen molar-refractivity contribution >= 4 is 5.91 Å². The number of nitrogens with zero attached hydrogens (tertiary/aromatic N) is 1. The van der Waals surface area contributed by atoms with Crippen molar-refractivity contribution < 1.29 is 19.1 Å². The number of ether oxygens (including phenoxy) is 1. The van der Waals surface area contributed by atoms with Crippen molar-refractivity contribution in [2.75, 3.05) is 20.3 Å². The molecular formula is C18H22N2O4. The van der Waals surface area contributed by atoms with Crippen molar-refractivity contribution in [2.45, 2.75) is 25.7 Å². The number of aliphatic hydroxyl groups excluding tert-OH is 1. The van der Waals surface area contributed by atoms with E-state index in [-0.39, 0.29) is 18.4 Å². The summed E-state index contributed by atoms with van der Waals surface area (Å²) in [4.78, 5) is 17.0. The molecule has 0 bridgehead atoms. The number of amides is 1. The van der Waals surface area contributed by atoms with Gasteiger partial charge in [-0.25, -0.2) is 4.98 Å². The van der Waals surface area contributed by atoms with Crippen LogP contribution in [0.15, 0.2) is 28.9 Å². The van der Waals surface area contributed by atoms with Crippen LogP contribution in [-0.2, 0) is 19.3 Å². The Balaban J connectivity index is 1.66. The Morgan fingerprint density at radius 2 is 2.38 bits per heavy atom. The Kier molecular flexibility index (Phi) is 5.15. The number of aliphatic hydroxyl groups is 1. The molecule has 2 heterocycles. The lowest BCUT2D eigenvalue weighted by Crippen LogP contribution is -2.32. The summed E-state index contributed by atoms with van der Waals surface area (Å²) >= 11 is 0. The minimum atomic E-state index is -0.230. The lowest BCUT2D eigenvalue weighted by Gasteiger charge is -2.15. The Labute approximate surface area is 140 Å². The molecule has 2 aromatic rings. The van der Waals surface area contributed by atoms with Crippen molar-refractivity contribution in [2.24, 2.45) is 5.92 Å². The molecule has 24 heavy (non-hydrogen) atoms. The average Bonchev–Trinajstić information content (AvgIpc) is 3.27. The molecule has 6 heteroatoms. The van der Waals surface area contributed by atoms with Gasteiger partial charge in [-0.15, -0.1) is 0 Å². The number of furan rings is 1. The van der Waals surface area contributed by atoms with E-state index in [0.717, 1.165) is 36.3 Å². The minimum absolute atomic E-state index is 0.0272. The molecule has 1 atom stereocenters. The number of hydrogen-bond donors (Lipinski definition) is 2. The first-order chi connectivity index (χ1) is 11.7. The fourth-order valence-electron chi connectivity index (χ4n) is 3.02. The highest BCUT2D eigenvalue weighted by Crippen LogP contribution is 2.26. The Bertz CT molecular complexity index is 697. The average molecular weight is 330 g/mol. The van der Waals surface area contributed by atoms with Gasteiger partial charge in [-0.2, -0.15) is 0 Å². The maximum Gasteiger partial charge on any atom is 0.256 e. The summed E-state index contributed by atoms with van der Waals surface area (Å²) in [7, 11) is 1.52. The first kappa shape index (κ1) is 16.5. The highest BCUT2D eigenvalue weighted by Gasteiger charge is 2.21. The van der Waals surface area contributed by atoms with E-state index in [1.165, 1.54) is 7.11 Å². The molecule has 6 nitrogen and oxygen atoms in total. The van der Waals surface area contributed by atoms with E-state index >= 15 is 0 Å². The molecule has 0 aliphatic heterocycles. The van der Waals surface area contributed by atoms with Crippen LogP contribution in [0.3, 0.4) is 0 Å². The standard InChI is InChI=1S/C18H22N2O4/c1-23-18-15(9-13-4-2-6-16(13)20-18)17(22)19-10-12(11-21)8-14-5-3-7-24-14/h3,5,7,9,12,21H,2,4,6,8,10-11H2,1H3,(H,19,22)/t12-/m0/s1. The van der Waals surface area contributed by atoms with Gasteiger partial charge in [0.25, 0.3) is 5.91 Å². The van der Waals surface area contributed by atoms with Crippen molar-refractivity contribution in [1.82, 2.24) is 10.3 Å². The van der Waals surface area contributed by atoms with Crippen LogP contribution in [0.4, 0.5) is 0 Å². The number of hydrogen-bond acceptors (Lipinski definition) is 5. The second kappa shape index (κ2) is 7.49. The van der Waals surface area contributed by atoms with Crippen LogP contribution in [0.5, 0.6) is 5.88 Å². The van der Waals surface area contributed by atoms with Crippen molar-refractivity contribution in [1.29, 1.82) is 0 Å². The zero-order chi connectivity index (χ0) is 16.9. The summed E-state index contributed by atoms with van der Waals surface area (Å²) < 4.78 is 10.6. The summed E-state index contributed by atoms with van der Waals surface area (Å²) in [6.45, 7) is 0.330. The lowest BCUT2D eigenvalue weighted by molar-refractivity contribution is 0.0935. The fourth-order valence-corrected chi connectivity index (χ4v) is 3.02. The smallest absolute Gasteiger partial charge is 0.256 e. The molecule has 1 aliphatic carbocycles. The molecule has 0 fully saturated rings. The first-order valence-corrected chi connectivity index (χ1v) is 8.19. The Hall–Kier alpha value is -2.34. The first-order valence-electron chi connectivity index (χ1n) is 8.19. The number of aryl methyl sites for hydroxylation is 2. The molecule has 0 unspecified atom stereocenters. The van der Waals surface area contributed by atoms with E-state index in [1.54, 1.807) is 6.26 Å². The van der Waals surface area contributed by atoms with Crippen LogP contribution in [-0.4, -0.2) is 36.3 Å². The molecule has 2 N–H and O–H groups in total. The summed E-state index contributed by atoms with van der Waals surface area (Å²) in [5.41, 5.74) is 2.59. The van der Waals surface area contributed by atoms with Crippen molar-refractivity contribution in [3.8, 4) is 5.88 Å². The van der Waals surface area contributed by atoms with Crippen LogP contribution in [0.2, 0.25) is 0 Å². The Morgan fingerprint density at radius 3 is 3.08 bits per heavy atom. The van der Waals surface area contributed by atoms with Gasteiger partial charge in [-0.1, -0.05) is 0 Å². The molecule has 128 valence electrons. The topological polar surface area (TPSA) is 84.6 Å². The van der Waals surface area contributed by atoms with Gasteiger partial charge in [0.1, 0.15) is 11.3 Å². The number of nitrogens with one attached hydrogen (secondary N) is 1. The highest BCUT2D eigenvalue weighted by molar-refractivity contribution is 5.96. The van der Waals surface area contributed by atoms with Gasteiger partial charge in [0, 0.05) is 31.2 Å². The van der Waals surface area contributed by atoms with Crippen molar-refractivity contribution in [3.05, 3.63) is 47.0 Å². The minimum Gasteiger partial charge on any atom is -0.480 e. The van der Waals surface area contributed by atoms with Crippen LogP contribution in [0, 0.1) is 5.92 Å². The van der Waals surface area contributed by atoms with Gasteiger partial charge >= 0.3 is 0 Å². The summed E-state index contributed by atoms with van der Waals surface area (Å²) in [5, 5.41) is 12.4. The Morgan fingerprint density at radius 1 is 1.50 bits per heavy atom. The van der Waals surface area contributed by atoms with E-state index in [0.29, 0.717) is 24.4 Å². The predicted octanol–water partition coefficient (Wildman–Crippen LogP) is 1.75. The maximum absolute atomic E-state index is 12.5. The second-order valence-corrected chi connectivity index (χ2v) is 6.05. The van der Waals surface area contributed by atoms with Gasteiger partial charge in [0.05, 0.1) is 13.4 Å². The van der Waals surface area contributed by atoms with Crippen LogP contribution >= 0.6 is 0 Å². The fraction of sp³-hybridized carbons (Fsp3) is 0.444. The van der Waals surface area contributed by atoms with Gasteiger partial charge in [-0.05, 0) is 43.0 Å². The number of methoxy groups -OCH3 is 1. The van der Waals surface area contributed by atoms with Gasteiger partial charge in [0.2, 0.25) is 5.88 Å². The van der Waals surface area contributed by atoms with E-state index in [9.17, 15) is 9.90 Å². The number of rotatable bonds is 7. The van der Waals surface area contributed by atoms with Gasteiger partial charge < -0.3 is 19.6 Å². The molecule has 0 saturated carbocycles. The van der Waals surface area contributed by atoms with Crippen molar-refractivity contribution in [3.63, 3.8) is 0 Å². The molecule has 1 aliphatic rings. The van der Waals surface area contributed by atoms with E-state index in [2.05, 4.69) is 10.3 Å². The third-order valence-corrected chi connectivity index (χ3v) is 4.33. The quantitative estimate of drug-likeness (QED) is 0.808. The van der Waals surface area contributed by atoms with Crippen LogP contribution in [0.1, 0.15) is 33.8 Å². The maximum atomic E-state index is 12.5. The molecule has 1 amide bonds. The highest BCUT2D eigenvalue weighted by atomic mass is 16.5. The number of fused-ring (bicyclic) bond motifs is 1. The summed E-state index contributed by atoms with van der Waals surface area (Å²) in [6, 6.07) is 5.55. The summed E-state index contributed by atoms with van der Waals surface area (Å²) in [6.07, 6.45) is 5.12. The molecule has 0 aromatic carbocycles. The van der Waals surface area contributed by atoms with E-state index in [1.807, 2.05) is 18.2 Å². The normalized spacial score (nSPS) is 14.2. The number of pyridine rings is 1. The monoisotopic (exact) mass is 330 g/mol. The number of carbonyl (C=O) groups is 1. The molecule has 0 spiro atoms. The zero-order valence-electron chi connectivity index (χ0n) is 13.7.